The number of carbonyl (C=O) groups is 3. The van der Waals surface area contributed by atoms with Crippen LogP contribution in [-0.2, 0) is 28.6 Å². The lowest BCUT2D eigenvalue weighted by atomic mass is 10.0. The van der Waals surface area contributed by atoms with E-state index in [9.17, 15) is 14.4 Å². The third-order valence-electron chi connectivity index (χ3n) is 14.7. The van der Waals surface area contributed by atoms with Gasteiger partial charge in [-0.1, -0.05) is 325 Å². The summed E-state index contributed by atoms with van der Waals surface area (Å²) >= 11 is 0. The van der Waals surface area contributed by atoms with E-state index in [2.05, 4.69) is 93.7 Å². The highest BCUT2D eigenvalue weighted by Gasteiger charge is 2.19. The molecule has 0 saturated carbocycles. The molecule has 0 aliphatic heterocycles. The van der Waals surface area contributed by atoms with Crippen LogP contribution in [0, 0.1) is 0 Å². The molecule has 0 radical (unpaired) electrons. The van der Waals surface area contributed by atoms with Gasteiger partial charge >= 0.3 is 17.9 Å². The molecule has 77 heavy (non-hydrogen) atoms. The highest BCUT2D eigenvalue weighted by molar-refractivity contribution is 5.71. The number of hydrogen-bond donors (Lipinski definition) is 0. The number of unbranched alkanes of at least 4 members (excludes halogenated alkanes) is 38. The number of allylic oxidation sites excluding steroid dienone is 12. The molecule has 0 bridgehead atoms. The Balaban J connectivity index is 4.12. The van der Waals surface area contributed by atoms with Crippen molar-refractivity contribution in [3.05, 3.63) is 72.9 Å². The van der Waals surface area contributed by atoms with E-state index >= 15 is 0 Å². The van der Waals surface area contributed by atoms with Crippen molar-refractivity contribution in [2.75, 3.05) is 13.2 Å². The minimum absolute atomic E-state index is 0.0683. The van der Waals surface area contributed by atoms with Crippen molar-refractivity contribution >= 4 is 17.9 Å². The monoisotopic (exact) mass is 1070 g/mol. The van der Waals surface area contributed by atoms with Crippen LogP contribution < -0.4 is 0 Å². The van der Waals surface area contributed by atoms with Crippen molar-refractivity contribution in [2.45, 2.75) is 348 Å². The van der Waals surface area contributed by atoms with Crippen LogP contribution in [-0.4, -0.2) is 37.2 Å². The van der Waals surface area contributed by atoms with Crippen LogP contribution in [0.1, 0.15) is 342 Å². The van der Waals surface area contributed by atoms with Gasteiger partial charge in [0.15, 0.2) is 6.10 Å². The fraction of sp³-hybridized carbons (Fsp3) is 0.789. The smallest absolute Gasteiger partial charge is 0.306 e. The largest absolute Gasteiger partial charge is 0.462 e. The third kappa shape index (κ3) is 63.6. The van der Waals surface area contributed by atoms with Crippen LogP contribution in [0.3, 0.4) is 0 Å². The van der Waals surface area contributed by atoms with E-state index in [0.29, 0.717) is 19.3 Å². The molecule has 0 heterocycles. The number of carbonyl (C=O) groups excluding carboxylic acids is 3. The van der Waals surface area contributed by atoms with Gasteiger partial charge in [-0.25, -0.2) is 0 Å². The molecule has 0 aliphatic rings. The summed E-state index contributed by atoms with van der Waals surface area (Å²) in [6.07, 6.45) is 84.9. The second kappa shape index (κ2) is 65.4. The average Bonchev–Trinajstić information content (AvgIpc) is 3.43. The minimum Gasteiger partial charge on any atom is -0.462 e. The predicted octanol–water partition coefficient (Wildman–Crippen LogP) is 22.9. The van der Waals surface area contributed by atoms with E-state index < -0.39 is 6.10 Å². The molecule has 446 valence electrons. The van der Waals surface area contributed by atoms with Gasteiger partial charge in [0, 0.05) is 19.3 Å². The zero-order chi connectivity index (χ0) is 55.7. The highest BCUT2D eigenvalue weighted by atomic mass is 16.6. The Morgan fingerprint density at radius 3 is 0.792 bits per heavy atom. The zero-order valence-corrected chi connectivity index (χ0v) is 51.2. The second-order valence-corrected chi connectivity index (χ2v) is 22.4. The minimum atomic E-state index is -0.770. The van der Waals surface area contributed by atoms with Crippen LogP contribution in [0.15, 0.2) is 72.9 Å². The SMILES string of the molecule is CC/C=C\C/C=C\C/C=C\C/C=C\C/C=C\C/C=C\CCCCCCCCCCCCCCCCC(=O)OCC(COC(=O)CCCCCCCCCCCCCC)OC(=O)CCCCCCCCCCCCCCCC. The molecule has 0 aromatic carbocycles. The Hall–Kier alpha value is -3.15. The molecule has 0 aromatic rings. The van der Waals surface area contributed by atoms with Gasteiger partial charge in [-0.15, -0.1) is 0 Å². The average molecular weight is 1080 g/mol. The maximum absolute atomic E-state index is 12.9. The number of ether oxygens (including phenoxy) is 3. The number of hydrogen-bond acceptors (Lipinski definition) is 6. The maximum Gasteiger partial charge on any atom is 0.306 e. The first kappa shape index (κ1) is 73.8. The molecule has 0 saturated heterocycles. The van der Waals surface area contributed by atoms with E-state index in [0.717, 1.165) is 96.3 Å². The van der Waals surface area contributed by atoms with E-state index in [1.807, 2.05) is 0 Å². The molecule has 1 atom stereocenters. The topological polar surface area (TPSA) is 78.9 Å². The molecule has 6 nitrogen and oxygen atoms in total. The summed E-state index contributed by atoms with van der Waals surface area (Å²) in [6.45, 7) is 6.57. The van der Waals surface area contributed by atoms with Gasteiger partial charge in [0.2, 0.25) is 0 Å². The van der Waals surface area contributed by atoms with Gasteiger partial charge < -0.3 is 14.2 Å². The summed E-state index contributed by atoms with van der Waals surface area (Å²) in [7, 11) is 0. The van der Waals surface area contributed by atoms with Crippen LogP contribution in [0.25, 0.3) is 0 Å². The van der Waals surface area contributed by atoms with Crippen molar-refractivity contribution in [3.63, 3.8) is 0 Å². The summed E-state index contributed by atoms with van der Waals surface area (Å²) in [5.41, 5.74) is 0. The van der Waals surface area contributed by atoms with Crippen LogP contribution >= 0.6 is 0 Å². The van der Waals surface area contributed by atoms with Crippen molar-refractivity contribution in [3.8, 4) is 0 Å². The third-order valence-corrected chi connectivity index (χ3v) is 14.7. The van der Waals surface area contributed by atoms with Crippen molar-refractivity contribution in [1.82, 2.24) is 0 Å². The van der Waals surface area contributed by atoms with Crippen LogP contribution in [0.5, 0.6) is 0 Å². The van der Waals surface area contributed by atoms with Gasteiger partial charge in [0.1, 0.15) is 13.2 Å². The highest BCUT2D eigenvalue weighted by Crippen LogP contribution is 2.17. The molecular formula is C71H126O6. The Bertz CT molecular complexity index is 1420. The first-order valence-electron chi connectivity index (χ1n) is 33.4. The van der Waals surface area contributed by atoms with E-state index in [4.69, 9.17) is 14.2 Å². The Morgan fingerprint density at radius 1 is 0.273 bits per heavy atom. The van der Waals surface area contributed by atoms with E-state index in [-0.39, 0.29) is 31.1 Å². The predicted molar refractivity (Wildman–Crippen MR) is 335 cm³/mol. The molecule has 0 amide bonds. The molecule has 0 aliphatic carbocycles. The van der Waals surface area contributed by atoms with Crippen LogP contribution in [0.2, 0.25) is 0 Å². The quantitative estimate of drug-likeness (QED) is 0.0261. The number of esters is 3. The fourth-order valence-electron chi connectivity index (χ4n) is 9.74. The first-order valence-corrected chi connectivity index (χ1v) is 33.4. The lowest BCUT2D eigenvalue weighted by Gasteiger charge is -2.18. The van der Waals surface area contributed by atoms with Gasteiger partial charge in [-0.2, -0.15) is 0 Å². The van der Waals surface area contributed by atoms with Gasteiger partial charge in [-0.3, -0.25) is 14.4 Å². The lowest BCUT2D eigenvalue weighted by Crippen LogP contribution is -2.30. The Kier molecular flexibility index (Phi) is 62.7. The molecule has 0 fully saturated rings. The summed E-state index contributed by atoms with van der Waals surface area (Å²) in [4.78, 5) is 38.2. The van der Waals surface area contributed by atoms with E-state index in [1.54, 1.807) is 0 Å². The first-order chi connectivity index (χ1) is 38.0. The summed E-state index contributed by atoms with van der Waals surface area (Å²) in [5.74, 6) is -0.849. The van der Waals surface area contributed by atoms with Crippen molar-refractivity contribution in [1.29, 1.82) is 0 Å². The number of rotatable bonds is 61. The molecule has 0 N–H and O–H groups in total. The summed E-state index contributed by atoms with van der Waals surface area (Å²) in [5, 5.41) is 0. The fourth-order valence-corrected chi connectivity index (χ4v) is 9.74. The molecule has 6 heteroatoms. The standard InChI is InChI=1S/C71H126O6/c1-4-7-10-13-16-19-22-25-27-28-29-30-31-32-33-34-35-36-37-38-39-40-41-42-43-44-45-47-49-52-55-58-61-64-70(73)76-67-68(66-75-69(72)63-60-57-54-51-48-24-21-18-15-12-9-6-3)77-71(74)65-62-59-56-53-50-46-26-23-20-17-14-11-8-5-2/h7,10,16,19,25,27,29-30,32-33,35-36,68H,4-6,8-9,11-15,17-18,20-24,26,28,31,34,37-67H2,1-3H3/b10-7-,19-16-,27-25-,30-29-,33-32-,36-35-. The Labute approximate surface area is 478 Å². The lowest BCUT2D eigenvalue weighted by molar-refractivity contribution is -0.167. The van der Waals surface area contributed by atoms with Crippen molar-refractivity contribution < 1.29 is 28.6 Å². The van der Waals surface area contributed by atoms with E-state index in [1.165, 1.54) is 205 Å². The van der Waals surface area contributed by atoms with Gasteiger partial charge in [0.25, 0.3) is 0 Å². The second-order valence-electron chi connectivity index (χ2n) is 22.4. The molecule has 0 aromatic heterocycles. The van der Waals surface area contributed by atoms with Gasteiger partial charge in [0.05, 0.1) is 0 Å². The molecule has 0 rings (SSSR count). The molecular weight excluding hydrogens is 949 g/mol. The molecule has 1 unspecified atom stereocenters. The Morgan fingerprint density at radius 2 is 0.506 bits per heavy atom. The van der Waals surface area contributed by atoms with Crippen LogP contribution in [0.4, 0.5) is 0 Å². The molecule has 0 spiro atoms. The van der Waals surface area contributed by atoms with Gasteiger partial charge in [-0.05, 0) is 70.6 Å². The zero-order valence-electron chi connectivity index (χ0n) is 51.2. The maximum atomic E-state index is 12.9. The summed E-state index contributed by atoms with van der Waals surface area (Å²) in [6, 6.07) is 0. The summed E-state index contributed by atoms with van der Waals surface area (Å²) < 4.78 is 16.9. The van der Waals surface area contributed by atoms with Crippen molar-refractivity contribution in [2.24, 2.45) is 0 Å². The normalized spacial score (nSPS) is 12.5.